The van der Waals surface area contributed by atoms with Gasteiger partial charge in [-0.05, 0) is 35.9 Å². The lowest BCUT2D eigenvalue weighted by Gasteiger charge is -2.22. The van der Waals surface area contributed by atoms with Crippen LogP contribution in [0.5, 0.6) is 11.5 Å². The van der Waals surface area contributed by atoms with Gasteiger partial charge in [-0.15, -0.1) is 10.2 Å². The van der Waals surface area contributed by atoms with Crippen molar-refractivity contribution in [2.75, 3.05) is 18.6 Å². The average Bonchev–Trinajstić information content (AvgIpc) is 3.11. The molecule has 0 unspecified atom stereocenters. The molecule has 0 spiro atoms. The van der Waals surface area contributed by atoms with Gasteiger partial charge in [-0.25, -0.2) is 4.68 Å². The SMILES string of the molecule is Brc1ccc(Cc2nnc3n2NC(c2ccc4c(c2)OCCO4)=CS3)cc1. The number of halogens is 1. The summed E-state index contributed by atoms with van der Waals surface area (Å²) in [4.78, 5) is 0. The molecule has 0 atom stereocenters. The molecule has 2 aliphatic heterocycles. The van der Waals surface area contributed by atoms with E-state index in [1.54, 1.807) is 11.8 Å². The maximum absolute atomic E-state index is 5.70. The molecule has 0 fully saturated rings. The fourth-order valence-electron chi connectivity index (χ4n) is 2.99. The number of fused-ring (bicyclic) bond motifs is 2. The molecule has 3 aromatic rings. The Balaban J connectivity index is 1.40. The summed E-state index contributed by atoms with van der Waals surface area (Å²) in [6, 6.07) is 14.2. The van der Waals surface area contributed by atoms with Gasteiger partial charge in [0.1, 0.15) is 13.2 Å². The molecule has 5 rings (SSSR count). The van der Waals surface area contributed by atoms with E-state index in [-0.39, 0.29) is 0 Å². The lowest BCUT2D eigenvalue weighted by Crippen LogP contribution is -2.20. The highest BCUT2D eigenvalue weighted by molar-refractivity contribution is 9.10. The molecule has 0 saturated carbocycles. The number of hydrogen-bond donors (Lipinski definition) is 1. The quantitative estimate of drug-likeness (QED) is 0.659. The highest BCUT2D eigenvalue weighted by Crippen LogP contribution is 2.35. The molecule has 2 aromatic carbocycles. The predicted molar refractivity (Wildman–Crippen MR) is 108 cm³/mol. The van der Waals surface area contributed by atoms with Crippen LogP contribution in [-0.2, 0) is 6.42 Å². The summed E-state index contributed by atoms with van der Waals surface area (Å²) in [7, 11) is 0. The maximum Gasteiger partial charge on any atom is 0.214 e. The van der Waals surface area contributed by atoms with Crippen molar-refractivity contribution in [2.45, 2.75) is 11.6 Å². The molecule has 0 radical (unpaired) electrons. The predicted octanol–water partition coefficient (Wildman–Crippen LogP) is 4.05. The Hall–Kier alpha value is -2.45. The second-order valence-corrected chi connectivity index (χ2v) is 7.91. The van der Waals surface area contributed by atoms with Gasteiger partial charge in [0.05, 0.1) is 5.70 Å². The Bertz CT molecular complexity index is 1030. The number of rotatable bonds is 3. The molecular formula is C19H15BrN4O2S. The smallest absolute Gasteiger partial charge is 0.214 e. The van der Waals surface area contributed by atoms with Crippen molar-refractivity contribution >= 4 is 33.4 Å². The first-order valence-electron chi connectivity index (χ1n) is 8.49. The van der Waals surface area contributed by atoms with Crippen molar-refractivity contribution in [1.29, 1.82) is 0 Å². The van der Waals surface area contributed by atoms with E-state index < -0.39 is 0 Å². The minimum atomic E-state index is 0.574. The van der Waals surface area contributed by atoms with E-state index in [9.17, 15) is 0 Å². The monoisotopic (exact) mass is 442 g/mol. The standard InChI is InChI=1S/C19H15BrN4O2S/c20-14-4-1-12(2-5-14)9-18-21-22-19-24(18)23-15(11-27-19)13-3-6-16-17(10-13)26-8-7-25-16/h1-6,10-11,23H,7-9H2. The van der Waals surface area contributed by atoms with Gasteiger partial charge in [0.2, 0.25) is 5.16 Å². The molecule has 136 valence electrons. The Morgan fingerprint density at radius 3 is 2.70 bits per heavy atom. The highest BCUT2D eigenvalue weighted by Gasteiger charge is 2.20. The van der Waals surface area contributed by atoms with Gasteiger partial charge in [-0.3, -0.25) is 5.43 Å². The number of nitrogens with one attached hydrogen (secondary N) is 1. The van der Waals surface area contributed by atoms with Crippen LogP contribution in [0, 0.1) is 0 Å². The van der Waals surface area contributed by atoms with Crippen molar-refractivity contribution in [2.24, 2.45) is 0 Å². The van der Waals surface area contributed by atoms with E-state index in [1.165, 1.54) is 5.56 Å². The van der Waals surface area contributed by atoms with Crippen LogP contribution in [0.2, 0.25) is 0 Å². The summed E-state index contributed by atoms with van der Waals surface area (Å²) in [5.74, 6) is 2.43. The fraction of sp³-hybridized carbons (Fsp3) is 0.158. The van der Waals surface area contributed by atoms with E-state index >= 15 is 0 Å². The molecule has 27 heavy (non-hydrogen) atoms. The summed E-state index contributed by atoms with van der Waals surface area (Å²) in [5.41, 5.74) is 6.60. The highest BCUT2D eigenvalue weighted by atomic mass is 79.9. The molecular weight excluding hydrogens is 428 g/mol. The van der Waals surface area contributed by atoms with Gasteiger partial charge < -0.3 is 9.47 Å². The molecule has 0 amide bonds. The van der Waals surface area contributed by atoms with E-state index in [0.717, 1.165) is 38.2 Å². The summed E-state index contributed by atoms with van der Waals surface area (Å²) in [5, 5.41) is 11.5. The average molecular weight is 443 g/mol. The van der Waals surface area contributed by atoms with Crippen LogP contribution >= 0.6 is 27.7 Å². The van der Waals surface area contributed by atoms with E-state index in [1.807, 2.05) is 40.4 Å². The Labute approximate surface area is 168 Å². The van der Waals surface area contributed by atoms with Crippen LogP contribution in [0.1, 0.15) is 17.0 Å². The van der Waals surface area contributed by atoms with Crippen LogP contribution in [0.25, 0.3) is 5.70 Å². The molecule has 8 heteroatoms. The number of nitrogens with zero attached hydrogens (tertiary/aromatic N) is 3. The largest absolute Gasteiger partial charge is 0.486 e. The zero-order chi connectivity index (χ0) is 18.2. The molecule has 1 N–H and O–H groups in total. The minimum absolute atomic E-state index is 0.574. The van der Waals surface area contributed by atoms with E-state index in [2.05, 4.69) is 43.7 Å². The summed E-state index contributed by atoms with van der Waals surface area (Å²) in [6.07, 6.45) is 0.697. The van der Waals surface area contributed by atoms with Crippen molar-refractivity contribution in [1.82, 2.24) is 14.9 Å². The van der Waals surface area contributed by atoms with Gasteiger partial charge in [-0.2, -0.15) is 0 Å². The van der Waals surface area contributed by atoms with E-state index in [0.29, 0.717) is 19.6 Å². The van der Waals surface area contributed by atoms with Gasteiger partial charge in [-0.1, -0.05) is 39.8 Å². The van der Waals surface area contributed by atoms with Gasteiger partial charge in [0.25, 0.3) is 0 Å². The fourth-order valence-corrected chi connectivity index (χ4v) is 4.01. The van der Waals surface area contributed by atoms with Crippen molar-refractivity contribution in [3.8, 4) is 11.5 Å². The zero-order valence-electron chi connectivity index (χ0n) is 14.2. The topological polar surface area (TPSA) is 61.2 Å². The number of thioether (sulfide) groups is 1. The number of ether oxygens (including phenoxy) is 2. The Morgan fingerprint density at radius 1 is 1.04 bits per heavy atom. The van der Waals surface area contributed by atoms with Crippen LogP contribution in [0.3, 0.4) is 0 Å². The lowest BCUT2D eigenvalue weighted by atomic mass is 10.1. The molecule has 0 saturated heterocycles. The molecule has 0 bridgehead atoms. The molecule has 1 aromatic heterocycles. The van der Waals surface area contributed by atoms with Crippen molar-refractivity contribution < 1.29 is 9.47 Å². The van der Waals surface area contributed by atoms with Gasteiger partial charge >= 0.3 is 0 Å². The number of aromatic nitrogens is 3. The lowest BCUT2D eigenvalue weighted by molar-refractivity contribution is 0.171. The Morgan fingerprint density at radius 2 is 1.85 bits per heavy atom. The first-order valence-corrected chi connectivity index (χ1v) is 10.2. The first-order chi connectivity index (χ1) is 13.3. The number of benzene rings is 2. The summed E-state index contributed by atoms with van der Waals surface area (Å²) < 4.78 is 14.3. The molecule has 6 nitrogen and oxygen atoms in total. The third kappa shape index (κ3) is 3.30. The van der Waals surface area contributed by atoms with Crippen LogP contribution in [0.15, 0.2) is 57.5 Å². The normalized spacial score (nSPS) is 14.9. The van der Waals surface area contributed by atoms with Gasteiger partial charge in [0, 0.05) is 21.9 Å². The second-order valence-electron chi connectivity index (χ2n) is 6.16. The molecule has 2 aliphatic rings. The zero-order valence-corrected chi connectivity index (χ0v) is 16.6. The van der Waals surface area contributed by atoms with E-state index in [4.69, 9.17) is 9.47 Å². The summed E-state index contributed by atoms with van der Waals surface area (Å²) >= 11 is 5.02. The Kier molecular flexibility index (Phi) is 4.29. The second kappa shape index (κ2) is 6.94. The molecule has 0 aliphatic carbocycles. The maximum atomic E-state index is 5.70. The summed E-state index contributed by atoms with van der Waals surface area (Å²) in [6.45, 7) is 1.16. The molecule has 3 heterocycles. The number of hydrogen-bond acceptors (Lipinski definition) is 6. The van der Waals surface area contributed by atoms with Crippen molar-refractivity contribution in [3.63, 3.8) is 0 Å². The van der Waals surface area contributed by atoms with Crippen molar-refractivity contribution in [3.05, 3.63) is 69.3 Å². The van der Waals surface area contributed by atoms with Gasteiger partial charge in [0.15, 0.2) is 17.3 Å². The van der Waals surface area contributed by atoms with Crippen LogP contribution in [0.4, 0.5) is 0 Å². The minimum Gasteiger partial charge on any atom is -0.486 e. The van der Waals surface area contributed by atoms with Crippen LogP contribution < -0.4 is 14.9 Å². The van der Waals surface area contributed by atoms with Crippen LogP contribution in [-0.4, -0.2) is 28.1 Å². The first kappa shape index (κ1) is 16.7. The third-order valence-electron chi connectivity index (χ3n) is 4.34. The third-order valence-corrected chi connectivity index (χ3v) is 5.70.